The Hall–Kier alpha value is -0.990. The van der Waals surface area contributed by atoms with Crippen LogP contribution < -0.4 is 0 Å². The van der Waals surface area contributed by atoms with Crippen LogP contribution in [0.4, 0.5) is 0 Å². The van der Waals surface area contributed by atoms with E-state index < -0.39 is 0 Å². The van der Waals surface area contributed by atoms with E-state index >= 15 is 0 Å². The molecule has 1 aliphatic carbocycles. The Bertz CT molecular complexity index is 255. The number of rotatable bonds is 5. The van der Waals surface area contributed by atoms with Gasteiger partial charge < -0.3 is 0 Å². The molecular formula is C11H16O3. The van der Waals surface area contributed by atoms with Crippen LogP contribution in [0.1, 0.15) is 45.4 Å². The summed E-state index contributed by atoms with van der Waals surface area (Å²) in [7, 11) is 0. The predicted molar refractivity (Wildman–Crippen MR) is 51.9 cm³/mol. The van der Waals surface area contributed by atoms with Gasteiger partial charge >= 0.3 is 0 Å². The Morgan fingerprint density at radius 3 is 2.57 bits per heavy atom. The van der Waals surface area contributed by atoms with Crippen molar-refractivity contribution in [3.05, 3.63) is 0 Å². The summed E-state index contributed by atoms with van der Waals surface area (Å²) in [4.78, 5) is 33.7. The van der Waals surface area contributed by atoms with Gasteiger partial charge in [0.1, 0.15) is 17.3 Å². The van der Waals surface area contributed by atoms with Crippen LogP contribution in [0, 0.1) is 5.92 Å². The molecule has 0 amide bonds. The lowest BCUT2D eigenvalue weighted by molar-refractivity contribution is -0.132. The second-order valence-corrected chi connectivity index (χ2v) is 3.77. The van der Waals surface area contributed by atoms with Crippen molar-refractivity contribution in [2.24, 2.45) is 5.92 Å². The molecule has 0 bridgehead atoms. The van der Waals surface area contributed by atoms with Gasteiger partial charge in [0.2, 0.25) is 0 Å². The zero-order valence-corrected chi connectivity index (χ0v) is 8.54. The first-order valence-electron chi connectivity index (χ1n) is 5.22. The standard InChI is InChI=1S/C11H16O3/c1-2-8(12)6-7-11(14)9-4-3-5-10(9)13/h9H,2-7H2,1H3. The first-order valence-corrected chi connectivity index (χ1v) is 5.22. The molecule has 14 heavy (non-hydrogen) atoms. The van der Waals surface area contributed by atoms with Crippen molar-refractivity contribution in [1.82, 2.24) is 0 Å². The molecule has 0 aromatic rings. The number of hydrogen-bond acceptors (Lipinski definition) is 3. The van der Waals surface area contributed by atoms with Gasteiger partial charge in [-0.15, -0.1) is 0 Å². The molecule has 0 heterocycles. The van der Waals surface area contributed by atoms with E-state index in [4.69, 9.17) is 0 Å². The SMILES string of the molecule is CCC(=O)CCC(=O)C1CCCC1=O. The maximum Gasteiger partial charge on any atom is 0.143 e. The molecule has 0 aliphatic heterocycles. The molecule has 0 saturated heterocycles. The molecule has 0 aromatic heterocycles. The summed E-state index contributed by atoms with van der Waals surface area (Å²) >= 11 is 0. The largest absolute Gasteiger partial charge is 0.300 e. The zero-order chi connectivity index (χ0) is 10.6. The van der Waals surface area contributed by atoms with Crippen LogP contribution in [0.25, 0.3) is 0 Å². The molecule has 1 unspecified atom stereocenters. The Morgan fingerprint density at radius 2 is 2.07 bits per heavy atom. The molecule has 1 atom stereocenters. The van der Waals surface area contributed by atoms with E-state index in [0.29, 0.717) is 25.7 Å². The van der Waals surface area contributed by atoms with Crippen LogP contribution in [0.5, 0.6) is 0 Å². The highest BCUT2D eigenvalue weighted by Crippen LogP contribution is 2.23. The summed E-state index contributed by atoms with van der Waals surface area (Å²) < 4.78 is 0. The van der Waals surface area contributed by atoms with E-state index in [0.717, 1.165) is 6.42 Å². The summed E-state index contributed by atoms with van der Waals surface area (Å²) in [6.07, 6.45) is 3.10. The van der Waals surface area contributed by atoms with Gasteiger partial charge in [-0.3, -0.25) is 14.4 Å². The molecule has 3 heteroatoms. The zero-order valence-electron chi connectivity index (χ0n) is 8.54. The summed E-state index contributed by atoms with van der Waals surface area (Å²) in [5.41, 5.74) is 0. The number of Topliss-reactive ketones (excluding diaryl/α,β-unsaturated/α-hetero) is 3. The lowest BCUT2D eigenvalue weighted by Crippen LogP contribution is -2.19. The fraction of sp³-hybridized carbons (Fsp3) is 0.727. The monoisotopic (exact) mass is 196 g/mol. The lowest BCUT2D eigenvalue weighted by atomic mass is 9.97. The molecule has 0 spiro atoms. The fourth-order valence-electron chi connectivity index (χ4n) is 1.77. The van der Waals surface area contributed by atoms with Gasteiger partial charge in [0.15, 0.2) is 0 Å². The second kappa shape index (κ2) is 5.03. The van der Waals surface area contributed by atoms with E-state index in [9.17, 15) is 14.4 Å². The average molecular weight is 196 g/mol. The van der Waals surface area contributed by atoms with E-state index in [1.54, 1.807) is 6.92 Å². The molecule has 1 saturated carbocycles. The Balaban J connectivity index is 2.34. The normalized spacial score (nSPS) is 21.2. The van der Waals surface area contributed by atoms with Gasteiger partial charge in [0.05, 0.1) is 5.92 Å². The van der Waals surface area contributed by atoms with Gasteiger partial charge in [0, 0.05) is 25.7 Å². The van der Waals surface area contributed by atoms with Crippen molar-refractivity contribution in [3.63, 3.8) is 0 Å². The maximum absolute atomic E-state index is 11.5. The van der Waals surface area contributed by atoms with Crippen molar-refractivity contribution in [3.8, 4) is 0 Å². The van der Waals surface area contributed by atoms with Crippen LogP contribution >= 0.6 is 0 Å². The highest BCUT2D eigenvalue weighted by molar-refractivity contribution is 6.04. The van der Waals surface area contributed by atoms with E-state index in [2.05, 4.69) is 0 Å². The van der Waals surface area contributed by atoms with Gasteiger partial charge in [-0.1, -0.05) is 6.92 Å². The van der Waals surface area contributed by atoms with Gasteiger partial charge in [-0.2, -0.15) is 0 Å². The summed E-state index contributed by atoms with van der Waals surface area (Å²) in [5, 5.41) is 0. The van der Waals surface area contributed by atoms with Gasteiger partial charge in [0.25, 0.3) is 0 Å². The smallest absolute Gasteiger partial charge is 0.143 e. The molecule has 0 N–H and O–H groups in total. The Labute approximate surface area is 83.9 Å². The average Bonchev–Trinajstić information content (AvgIpc) is 2.60. The first-order chi connectivity index (χ1) is 6.65. The summed E-state index contributed by atoms with van der Waals surface area (Å²) in [5.74, 6) is -0.253. The van der Waals surface area contributed by atoms with Crippen molar-refractivity contribution in [1.29, 1.82) is 0 Å². The minimum atomic E-state index is -0.389. The van der Waals surface area contributed by atoms with E-state index in [-0.39, 0.29) is 29.7 Å². The van der Waals surface area contributed by atoms with Crippen LogP contribution in [0.2, 0.25) is 0 Å². The van der Waals surface area contributed by atoms with Crippen molar-refractivity contribution < 1.29 is 14.4 Å². The first kappa shape index (κ1) is 11.1. The van der Waals surface area contributed by atoms with Crippen molar-refractivity contribution >= 4 is 17.3 Å². The summed E-state index contributed by atoms with van der Waals surface area (Å²) in [6.45, 7) is 1.79. The van der Waals surface area contributed by atoms with Crippen LogP contribution in [-0.4, -0.2) is 17.3 Å². The minimum Gasteiger partial charge on any atom is -0.300 e. The minimum absolute atomic E-state index is 0.0331. The molecule has 1 rings (SSSR count). The quantitative estimate of drug-likeness (QED) is 0.629. The van der Waals surface area contributed by atoms with Gasteiger partial charge in [-0.05, 0) is 12.8 Å². The van der Waals surface area contributed by atoms with Crippen LogP contribution in [0.3, 0.4) is 0 Å². The molecule has 3 nitrogen and oxygen atoms in total. The molecule has 0 radical (unpaired) electrons. The number of hydrogen-bond donors (Lipinski definition) is 0. The fourth-order valence-corrected chi connectivity index (χ4v) is 1.77. The van der Waals surface area contributed by atoms with Crippen molar-refractivity contribution in [2.45, 2.75) is 45.4 Å². The third kappa shape index (κ3) is 2.76. The van der Waals surface area contributed by atoms with E-state index in [1.807, 2.05) is 0 Å². The number of ketones is 3. The number of carbonyl (C=O) groups is 3. The second-order valence-electron chi connectivity index (χ2n) is 3.77. The highest BCUT2D eigenvalue weighted by atomic mass is 16.2. The van der Waals surface area contributed by atoms with Crippen molar-refractivity contribution in [2.75, 3.05) is 0 Å². The van der Waals surface area contributed by atoms with E-state index in [1.165, 1.54) is 0 Å². The molecular weight excluding hydrogens is 180 g/mol. The molecule has 78 valence electrons. The molecule has 1 fully saturated rings. The topological polar surface area (TPSA) is 51.2 Å². The number of carbonyl (C=O) groups excluding carboxylic acids is 3. The predicted octanol–water partition coefficient (Wildman–Crippen LogP) is 1.68. The lowest BCUT2D eigenvalue weighted by Gasteiger charge is -2.05. The molecule has 1 aliphatic rings. The third-order valence-electron chi connectivity index (χ3n) is 2.74. The third-order valence-corrected chi connectivity index (χ3v) is 2.74. The Kier molecular flexibility index (Phi) is 3.98. The molecule has 0 aromatic carbocycles. The maximum atomic E-state index is 11.5. The van der Waals surface area contributed by atoms with Gasteiger partial charge in [-0.25, -0.2) is 0 Å². The Morgan fingerprint density at radius 1 is 1.36 bits per heavy atom. The van der Waals surface area contributed by atoms with Crippen LogP contribution in [0.15, 0.2) is 0 Å². The van der Waals surface area contributed by atoms with Crippen LogP contribution in [-0.2, 0) is 14.4 Å². The highest BCUT2D eigenvalue weighted by Gasteiger charge is 2.30. The summed E-state index contributed by atoms with van der Waals surface area (Å²) in [6, 6.07) is 0.